The zero-order valence-electron chi connectivity index (χ0n) is 9.24. The summed E-state index contributed by atoms with van der Waals surface area (Å²) in [4.78, 5) is 2.03. The Bertz CT molecular complexity index is 374. The summed E-state index contributed by atoms with van der Waals surface area (Å²) in [5.74, 6) is 0. The van der Waals surface area contributed by atoms with Gasteiger partial charge >= 0.3 is 6.18 Å². The Morgan fingerprint density at radius 2 is 1.88 bits per heavy atom. The zero-order valence-corrected chi connectivity index (χ0v) is 9.24. The molecule has 1 fully saturated rings. The number of hydrogen-bond donors (Lipinski definition) is 1. The Balaban J connectivity index is 1.99. The highest BCUT2D eigenvalue weighted by Gasteiger charge is 2.30. The predicted molar refractivity (Wildman–Crippen MR) is 57.3 cm³/mol. The Morgan fingerprint density at radius 3 is 2.35 bits per heavy atom. The van der Waals surface area contributed by atoms with Crippen molar-refractivity contribution in [3.63, 3.8) is 0 Å². The largest absolute Gasteiger partial charge is 0.416 e. The first-order valence-corrected chi connectivity index (χ1v) is 5.52. The lowest BCUT2D eigenvalue weighted by molar-refractivity contribution is -0.137. The molecule has 1 atom stereocenters. The first-order chi connectivity index (χ1) is 7.95. The summed E-state index contributed by atoms with van der Waals surface area (Å²) >= 11 is 0. The first-order valence-electron chi connectivity index (χ1n) is 5.52. The summed E-state index contributed by atoms with van der Waals surface area (Å²) in [7, 11) is 0. The minimum atomic E-state index is -4.28. The number of halogens is 3. The SMILES string of the molecule is O[C@H]1CCN(Cc2ccc(C(F)(F)F)cc2)C1. The molecule has 94 valence electrons. The number of aliphatic hydroxyl groups excluding tert-OH is 1. The van der Waals surface area contributed by atoms with Gasteiger partial charge in [-0.05, 0) is 24.1 Å². The Morgan fingerprint density at radius 1 is 1.24 bits per heavy atom. The van der Waals surface area contributed by atoms with E-state index in [1.807, 2.05) is 4.90 Å². The van der Waals surface area contributed by atoms with E-state index in [0.717, 1.165) is 30.7 Å². The van der Waals surface area contributed by atoms with Gasteiger partial charge in [0.15, 0.2) is 0 Å². The van der Waals surface area contributed by atoms with Crippen molar-refractivity contribution in [1.29, 1.82) is 0 Å². The van der Waals surface area contributed by atoms with Gasteiger partial charge in [0.1, 0.15) is 0 Å². The van der Waals surface area contributed by atoms with Gasteiger partial charge in [-0.1, -0.05) is 12.1 Å². The minimum absolute atomic E-state index is 0.301. The fourth-order valence-electron chi connectivity index (χ4n) is 2.01. The molecule has 1 saturated heterocycles. The monoisotopic (exact) mass is 245 g/mol. The van der Waals surface area contributed by atoms with E-state index in [0.29, 0.717) is 13.1 Å². The summed E-state index contributed by atoms with van der Waals surface area (Å²) < 4.78 is 37.0. The Hall–Kier alpha value is -1.07. The predicted octanol–water partition coefficient (Wildman–Crippen LogP) is 2.27. The molecular formula is C12H14F3NO. The second-order valence-corrected chi connectivity index (χ2v) is 4.37. The van der Waals surface area contributed by atoms with Crippen molar-refractivity contribution >= 4 is 0 Å². The second-order valence-electron chi connectivity index (χ2n) is 4.37. The van der Waals surface area contributed by atoms with Crippen molar-refractivity contribution in [2.75, 3.05) is 13.1 Å². The van der Waals surface area contributed by atoms with Gasteiger partial charge < -0.3 is 5.11 Å². The normalized spacial score (nSPS) is 22.0. The molecule has 1 N–H and O–H groups in total. The first kappa shape index (κ1) is 12.4. The van der Waals surface area contributed by atoms with Gasteiger partial charge in [-0.25, -0.2) is 0 Å². The number of likely N-dealkylation sites (tertiary alicyclic amines) is 1. The lowest BCUT2D eigenvalue weighted by Gasteiger charge is -2.15. The van der Waals surface area contributed by atoms with Gasteiger partial charge in [-0.15, -0.1) is 0 Å². The molecule has 0 radical (unpaired) electrons. The number of benzene rings is 1. The molecule has 1 aliphatic heterocycles. The van der Waals surface area contributed by atoms with Crippen LogP contribution in [0.4, 0.5) is 13.2 Å². The Kier molecular flexibility index (Phi) is 3.40. The van der Waals surface area contributed by atoms with Gasteiger partial charge in [0.2, 0.25) is 0 Å². The van der Waals surface area contributed by atoms with E-state index >= 15 is 0 Å². The Labute approximate surface area is 97.7 Å². The van der Waals surface area contributed by atoms with Crippen LogP contribution in [0.5, 0.6) is 0 Å². The lowest BCUT2D eigenvalue weighted by atomic mass is 10.1. The molecule has 0 spiro atoms. The molecule has 0 bridgehead atoms. The van der Waals surface area contributed by atoms with Crippen LogP contribution >= 0.6 is 0 Å². The highest BCUT2D eigenvalue weighted by molar-refractivity contribution is 5.24. The zero-order chi connectivity index (χ0) is 12.5. The molecular weight excluding hydrogens is 231 g/mol. The second kappa shape index (κ2) is 4.66. The number of hydrogen-bond acceptors (Lipinski definition) is 2. The van der Waals surface area contributed by atoms with Crippen LogP contribution in [0.3, 0.4) is 0 Å². The molecule has 0 unspecified atom stereocenters. The van der Waals surface area contributed by atoms with Gasteiger partial charge in [-0.2, -0.15) is 13.2 Å². The molecule has 1 aromatic rings. The minimum Gasteiger partial charge on any atom is -0.392 e. The van der Waals surface area contributed by atoms with Crippen molar-refractivity contribution in [1.82, 2.24) is 4.90 Å². The molecule has 1 aliphatic rings. The van der Waals surface area contributed by atoms with E-state index in [1.165, 1.54) is 12.1 Å². The average Bonchev–Trinajstić information content (AvgIpc) is 2.63. The summed E-state index contributed by atoms with van der Waals surface area (Å²) in [6, 6.07) is 5.19. The molecule has 1 heterocycles. The maximum absolute atomic E-state index is 12.3. The summed E-state index contributed by atoms with van der Waals surface area (Å²) in [5, 5.41) is 9.34. The maximum Gasteiger partial charge on any atom is 0.416 e. The van der Waals surface area contributed by atoms with Crippen LogP contribution in [0.25, 0.3) is 0 Å². The maximum atomic E-state index is 12.3. The summed E-state index contributed by atoms with van der Waals surface area (Å²) in [6.45, 7) is 1.98. The summed E-state index contributed by atoms with van der Waals surface area (Å²) in [5.41, 5.74) is 0.217. The third kappa shape index (κ3) is 3.20. The molecule has 2 nitrogen and oxygen atoms in total. The topological polar surface area (TPSA) is 23.5 Å². The third-order valence-corrected chi connectivity index (χ3v) is 2.93. The number of alkyl halides is 3. The van der Waals surface area contributed by atoms with E-state index in [2.05, 4.69) is 0 Å². The van der Waals surface area contributed by atoms with Crippen LogP contribution in [0.15, 0.2) is 24.3 Å². The lowest BCUT2D eigenvalue weighted by Crippen LogP contribution is -2.21. The third-order valence-electron chi connectivity index (χ3n) is 2.93. The number of rotatable bonds is 2. The molecule has 17 heavy (non-hydrogen) atoms. The van der Waals surface area contributed by atoms with Crippen LogP contribution in [-0.4, -0.2) is 29.2 Å². The molecule has 0 aromatic heterocycles. The smallest absolute Gasteiger partial charge is 0.392 e. The quantitative estimate of drug-likeness (QED) is 0.864. The van der Waals surface area contributed by atoms with Crippen LogP contribution in [0, 0.1) is 0 Å². The molecule has 0 amide bonds. The van der Waals surface area contributed by atoms with Crippen LogP contribution in [-0.2, 0) is 12.7 Å². The molecule has 1 aromatic carbocycles. The van der Waals surface area contributed by atoms with E-state index in [4.69, 9.17) is 0 Å². The standard InChI is InChI=1S/C12H14F3NO/c13-12(14,15)10-3-1-9(2-4-10)7-16-6-5-11(17)8-16/h1-4,11,17H,5-8H2/t11-/m0/s1. The fraction of sp³-hybridized carbons (Fsp3) is 0.500. The molecule has 0 saturated carbocycles. The van der Waals surface area contributed by atoms with E-state index in [9.17, 15) is 18.3 Å². The number of β-amino-alcohol motifs (C(OH)–C–C–N with tert-alkyl or cyclic N) is 1. The van der Waals surface area contributed by atoms with Crippen molar-refractivity contribution in [2.45, 2.75) is 25.2 Å². The highest BCUT2D eigenvalue weighted by atomic mass is 19.4. The molecule has 5 heteroatoms. The average molecular weight is 245 g/mol. The van der Waals surface area contributed by atoms with E-state index < -0.39 is 11.7 Å². The summed E-state index contributed by atoms with van der Waals surface area (Å²) in [6.07, 6.45) is -3.84. The van der Waals surface area contributed by atoms with Crippen LogP contribution < -0.4 is 0 Å². The van der Waals surface area contributed by atoms with Crippen LogP contribution in [0.2, 0.25) is 0 Å². The molecule has 2 rings (SSSR count). The number of aliphatic hydroxyl groups is 1. The fourth-order valence-corrected chi connectivity index (χ4v) is 2.01. The van der Waals surface area contributed by atoms with Gasteiger partial charge in [0.25, 0.3) is 0 Å². The molecule has 0 aliphatic carbocycles. The number of nitrogens with zero attached hydrogens (tertiary/aromatic N) is 1. The van der Waals surface area contributed by atoms with Gasteiger partial charge in [0.05, 0.1) is 11.7 Å². The highest BCUT2D eigenvalue weighted by Crippen LogP contribution is 2.29. The van der Waals surface area contributed by atoms with Gasteiger partial charge in [0, 0.05) is 19.6 Å². The van der Waals surface area contributed by atoms with Gasteiger partial charge in [-0.3, -0.25) is 4.90 Å². The van der Waals surface area contributed by atoms with Crippen molar-refractivity contribution in [3.05, 3.63) is 35.4 Å². The van der Waals surface area contributed by atoms with E-state index in [-0.39, 0.29) is 6.10 Å². The van der Waals surface area contributed by atoms with E-state index in [1.54, 1.807) is 0 Å². The van der Waals surface area contributed by atoms with Crippen molar-refractivity contribution in [3.8, 4) is 0 Å². The van der Waals surface area contributed by atoms with Crippen molar-refractivity contribution in [2.24, 2.45) is 0 Å². The van der Waals surface area contributed by atoms with Crippen molar-refractivity contribution < 1.29 is 18.3 Å². The van der Waals surface area contributed by atoms with Crippen LogP contribution in [0.1, 0.15) is 17.5 Å².